The molecule has 1 fully saturated rings. The number of ether oxygens (including phenoxy) is 1. The Hall–Kier alpha value is -1.63. The molecule has 0 spiro atoms. The zero-order valence-electron chi connectivity index (χ0n) is 11.3. The smallest absolute Gasteiger partial charge is 0.323 e. The molecule has 0 unspecified atom stereocenters. The van der Waals surface area contributed by atoms with Gasteiger partial charge in [-0.25, -0.2) is 0 Å². The van der Waals surface area contributed by atoms with Crippen LogP contribution in [0.2, 0.25) is 0 Å². The van der Waals surface area contributed by atoms with Crippen molar-refractivity contribution in [3.63, 3.8) is 0 Å². The van der Waals surface area contributed by atoms with Crippen LogP contribution in [0, 0.1) is 5.92 Å². The first-order chi connectivity index (χ1) is 8.99. The molecule has 1 N–H and O–H groups in total. The Morgan fingerprint density at radius 1 is 1.53 bits per heavy atom. The Bertz CT molecular complexity index is 358. The van der Waals surface area contributed by atoms with Gasteiger partial charge in [0.1, 0.15) is 6.54 Å². The van der Waals surface area contributed by atoms with Gasteiger partial charge in [-0.3, -0.25) is 14.4 Å². The van der Waals surface area contributed by atoms with E-state index in [1.165, 1.54) is 12.0 Å². The van der Waals surface area contributed by atoms with Crippen molar-refractivity contribution in [3.05, 3.63) is 0 Å². The third-order valence-electron chi connectivity index (χ3n) is 3.15. The molecule has 0 aromatic heterocycles. The predicted octanol–water partition coefficient (Wildman–Crippen LogP) is -0.586. The molecule has 2 amide bonds. The predicted molar refractivity (Wildman–Crippen MR) is 66.5 cm³/mol. The Morgan fingerprint density at radius 2 is 2.21 bits per heavy atom. The van der Waals surface area contributed by atoms with Gasteiger partial charge in [-0.15, -0.1) is 0 Å². The second-order valence-corrected chi connectivity index (χ2v) is 4.48. The van der Waals surface area contributed by atoms with Gasteiger partial charge in [0.2, 0.25) is 11.8 Å². The van der Waals surface area contributed by atoms with Gasteiger partial charge in [0.05, 0.1) is 12.5 Å². The number of amides is 2. The second kappa shape index (κ2) is 7.08. The van der Waals surface area contributed by atoms with Crippen molar-refractivity contribution >= 4 is 17.8 Å². The first-order valence-electron chi connectivity index (χ1n) is 6.26. The summed E-state index contributed by atoms with van der Waals surface area (Å²) in [6.45, 7) is 2.93. The summed E-state index contributed by atoms with van der Waals surface area (Å²) in [7, 11) is 1.49. The van der Waals surface area contributed by atoms with Gasteiger partial charge in [-0.2, -0.15) is 0 Å². The molecule has 0 bridgehead atoms. The van der Waals surface area contributed by atoms with Crippen LogP contribution in [0.3, 0.4) is 0 Å². The fraction of sp³-hybridized carbons (Fsp3) is 0.750. The number of aliphatic carboxylic acids is 1. The summed E-state index contributed by atoms with van der Waals surface area (Å²) in [6.07, 6.45) is 0.162. The maximum absolute atomic E-state index is 12.2. The molecule has 0 aromatic carbocycles. The lowest BCUT2D eigenvalue weighted by atomic mass is 10.1. The molecule has 0 saturated carbocycles. The van der Waals surface area contributed by atoms with Gasteiger partial charge < -0.3 is 19.6 Å². The molecular formula is C12H20N2O5. The van der Waals surface area contributed by atoms with E-state index < -0.39 is 11.9 Å². The molecule has 1 aliphatic rings. The van der Waals surface area contributed by atoms with E-state index >= 15 is 0 Å². The molecule has 1 saturated heterocycles. The first kappa shape index (κ1) is 15.4. The van der Waals surface area contributed by atoms with Crippen molar-refractivity contribution in [1.29, 1.82) is 0 Å². The minimum atomic E-state index is -1.07. The first-order valence-corrected chi connectivity index (χ1v) is 6.26. The summed E-state index contributed by atoms with van der Waals surface area (Å²) < 4.78 is 4.87. The monoisotopic (exact) mass is 272 g/mol. The van der Waals surface area contributed by atoms with Crippen molar-refractivity contribution in [2.24, 2.45) is 5.92 Å². The van der Waals surface area contributed by atoms with Crippen LogP contribution in [0.5, 0.6) is 0 Å². The van der Waals surface area contributed by atoms with Crippen LogP contribution >= 0.6 is 0 Å². The molecule has 7 heteroatoms. The Morgan fingerprint density at radius 3 is 2.68 bits per heavy atom. The van der Waals surface area contributed by atoms with Crippen LogP contribution in [0.1, 0.15) is 13.3 Å². The fourth-order valence-electron chi connectivity index (χ4n) is 2.13. The number of hydrogen-bond acceptors (Lipinski definition) is 4. The molecule has 0 aliphatic carbocycles. The number of likely N-dealkylation sites (tertiary alicyclic amines) is 1. The van der Waals surface area contributed by atoms with Crippen molar-refractivity contribution in [2.45, 2.75) is 13.3 Å². The van der Waals surface area contributed by atoms with Crippen LogP contribution in [0.15, 0.2) is 0 Å². The number of nitrogens with zero attached hydrogens (tertiary/aromatic N) is 2. The lowest BCUT2D eigenvalue weighted by Crippen LogP contribution is -2.42. The van der Waals surface area contributed by atoms with Crippen LogP contribution in [-0.2, 0) is 19.1 Å². The molecule has 1 heterocycles. The van der Waals surface area contributed by atoms with Crippen LogP contribution in [0.4, 0.5) is 0 Å². The van der Waals surface area contributed by atoms with E-state index in [4.69, 9.17) is 9.84 Å². The second-order valence-electron chi connectivity index (χ2n) is 4.48. The molecule has 0 radical (unpaired) electrons. The number of carbonyl (C=O) groups excluding carboxylic acids is 2. The summed E-state index contributed by atoms with van der Waals surface area (Å²) in [5, 5.41) is 8.81. The third kappa shape index (κ3) is 4.20. The van der Waals surface area contributed by atoms with E-state index in [9.17, 15) is 14.4 Å². The minimum Gasteiger partial charge on any atom is -0.480 e. The number of hydrogen-bond donors (Lipinski definition) is 1. The maximum atomic E-state index is 12.2. The normalized spacial score (nSPS) is 18.7. The Kier molecular flexibility index (Phi) is 5.75. The molecule has 19 heavy (non-hydrogen) atoms. The number of rotatable bonds is 7. The molecule has 1 rings (SSSR count). The minimum absolute atomic E-state index is 0.0529. The molecule has 0 aromatic rings. The van der Waals surface area contributed by atoms with Gasteiger partial charge in [-0.05, 0) is 6.92 Å². The Balaban J connectivity index is 2.65. The standard InChI is InChI=1S/C12H20N2O5/c1-3-13-7-9(6-10(13)15)12(18)14(4-5-19-2)8-11(16)17/h9H,3-8H2,1-2H3,(H,16,17)/t9-/m1/s1. The highest BCUT2D eigenvalue weighted by Gasteiger charge is 2.36. The van der Waals surface area contributed by atoms with Crippen LogP contribution in [-0.4, -0.2) is 72.6 Å². The van der Waals surface area contributed by atoms with Gasteiger partial charge >= 0.3 is 5.97 Å². The number of carboxylic acids is 1. The summed E-state index contributed by atoms with van der Waals surface area (Å²) in [5.74, 6) is -1.85. The van der Waals surface area contributed by atoms with Crippen molar-refractivity contribution in [2.75, 3.05) is 39.9 Å². The zero-order valence-corrected chi connectivity index (χ0v) is 11.3. The number of carboxylic acid groups (broad SMARTS) is 1. The molecular weight excluding hydrogens is 252 g/mol. The van der Waals surface area contributed by atoms with Gasteiger partial charge in [-0.1, -0.05) is 0 Å². The fourth-order valence-corrected chi connectivity index (χ4v) is 2.13. The zero-order chi connectivity index (χ0) is 14.4. The largest absolute Gasteiger partial charge is 0.480 e. The highest BCUT2D eigenvalue weighted by Crippen LogP contribution is 2.19. The summed E-state index contributed by atoms with van der Waals surface area (Å²) >= 11 is 0. The number of methoxy groups -OCH3 is 1. The summed E-state index contributed by atoms with van der Waals surface area (Å²) in [5.41, 5.74) is 0. The van der Waals surface area contributed by atoms with Gasteiger partial charge in [0.25, 0.3) is 0 Å². The van der Waals surface area contributed by atoms with Gasteiger partial charge in [0, 0.05) is 33.2 Å². The van der Waals surface area contributed by atoms with Crippen LogP contribution in [0.25, 0.3) is 0 Å². The highest BCUT2D eigenvalue weighted by atomic mass is 16.5. The van der Waals surface area contributed by atoms with E-state index in [1.807, 2.05) is 6.92 Å². The van der Waals surface area contributed by atoms with Gasteiger partial charge in [0.15, 0.2) is 0 Å². The van der Waals surface area contributed by atoms with Crippen molar-refractivity contribution in [1.82, 2.24) is 9.80 Å². The molecule has 1 atom stereocenters. The third-order valence-corrected chi connectivity index (χ3v) is 3.15. The lowest BCUT2D eigenvalue weighted by molar-refractivity contribution is -0.146. The van der Waals surface area contributed by atoms with E-state index in [-0.39, 0.29) is 37.9 Å². The summed E-state index contributed by atoms with van der Waals surface area (Å²) in [4.78, 5) is 37.4. The molecule has 7 nitrogen and oxygen atoms in total. The average molecular weight is 272 g/mol. The Labute approximate surface area is 112 Å². The SMILES string of the molecule is CCN1C[C@H](C(=O)N(CCOC)CC(=O)O)CC1=O. The van der Waals surface area contributed by atoms with E-state index in [1.54, 1.807) is 4.90 Å². The molecule has 108 valence electrons. The maximum Gasteiger partial charge on any atom is 0.323 e. The highest BCUT2D eigenvalue weighted by molar-refractivity contribution is 5.90. The quantitative estimate of drug-likeness (QED) is 0.669. The molecule has 1 aliphatic heterocycles. The van der Waals surface area contributed by atoms with Crippen molar-refractivity contribution < 1.29 is 24.2 Å². The van der Waals surface area contributed by atoms with E-state index in [2.05, 4.69) is 0 Å². The average Bonchev–Trinajstić information content (AvgIpc) is 2.74. The lowest BCUT2D eigenvalue weighted by Gasteiger charge is -2.23. The number of carbonyl (C=O) groups is 3. The van der Waals surface area contributed by atoms with E-state index in [0.29, 0.717) is 13.1 Å². The van der Waals surface area contributed by atoms with Crippen LogP contribution < -0.4 is 0 Å². The summed E-state index contributed by atoms with van der Waals surface area (Å²) in [6, 6.07) is 0. The topological polar surface area (TPSA) is 87.2 Å². The van der Waals surface area contributed by atoms with E-state index in [0.717, 1.165) is 0 Å². The van der Waals surface area contributed by atoms with Crippen molar-refractivity contribution in [3.8, 4) is 0 Å².